The fourth-order valence-corrected chi connectivity index (χ4v) is 2.53. The molecule has 0 bridgehead atoms. The minimum absolute atomic E-state index is 0.548. The van der Waals surface area contributed by atoms with Gasteiger partial charge in [-0.05, 0) is 47.0 Å². The molecular weight excluding hydrogens is 373 g/mol. The summed E-state index contributed by atoms with van der Waals surface area (Å²) in [6, 6.07) is 5.58. The lowest BCUT2D eigenvalue weighted by atomic mass is 10.1. The van der Waals surface area contributed by atoms with E-state index in [1.54, 1.807) is 6.07 Å². The third-order valence-corrected chi connectivity index (χ3v) is 4.64. The molecule has 2 aromatic rings. The van der Waals surface area contributed by atoms with Crippen LogP contribution in [-0.2, 0) is 6.42 Å². The van der Waals surface area contributed by atoms with Gasteiger partial charge >= 0.3 is 0 Å². The van der Waals surface area contributed by atoms with Crippen LogP contribution in [0.15, 0.2) is 22.7 Å². The molecule has 3 nitrogen and oxygen atoms in total. The van der Waals surface area contributed by atoms with Crippen molar-refractivity contribution in [3.8, 4) is 0 Å². The number of hydrogen-bond donors (Lipinski definition) is 1. The second kappa shape index (κ2) is 7.43. The Bertz CT molecular complexity index is 647. The number of anilines is 1. The molecule has 0 aliphatic carbocycles. The van der Waals surface area contributed by atoms with E-state index in [2.05, 4.69) is 38.1 Å². The summed E-state index contributed by atoms with van der Waals surface area (Å²) in [6.45, 7) is 4.95. The summed E-state index contributed by atoms with van der Waals surface area (Å²) in [7, 11) is 0. The SMILES string of the molecule is CCCNc1nc(Cc2ccc(Cl)c(Cl)c2)nc(C)c1Br. The Hall–Kier alpha value is -0.840. The molecule has 112 valence electrons. The van der Waals surface area contributed by atoms with Crippen molar-refractivity contribution in [2.24, 2.45) is 0 Å². The second-order valence-electron chi connectivity index (χ2n) is 4.74. The summed E-state index contributed by atoms with van der Waals surface area (Å²) in [4.78, 5) is 9.09. The van der Waals surface area contributed by atoms with Crippen molar-refractivity contribution in [1.29, 1.82) is 0 Å². The zero-order valence-electron chi connectivity index (χ0n) is 11.9. The van der Waals surface area contributed by atoms with Crippen LogP contribution in [0, 0.1) is 6.92 Å². The number of hydrogen-bond acceptors (Lipinski definition) is 3. The van der Waals surface area contributed by atoms with Gasteiger partial charge in [-0.3, -0.25) is 0 Å². The molecule has 0 spiro atoms. The van der Waals surface area contributed by atoms with Gasteiger partial charge in [0.15, 0.2) is 0 Å². The molecule has 1 aromatic carbocycles. The average molecular weight is 389 g/mol. The summed E-state index contributed by atoms with van der Waals surface area (Å²) in [5, 5.41) is 4.41. The number of aromatic nitrogens is 2. The highest BCUT2D eigenvalue weighted by Crippen LogP contribution is 2.26. The zero-order valence-corrected chi connectivity index (χ0v) is 15.0. The predicted molar refractivity (Wildman–Crippen MR) is 92.5 cm³/mol. The zero-order chi connectivity index (χ0) is 15.4. The number of rotatable bonds is 5. The summed E-state index contributed by atoms with van der Waals surface area (Å²) in [6.07, 6.45) is 1.66. The van der Waals surface area contributed by atoms with E-state index in [0.717, 1.165) is 40.3 Å². The standard InChI is InChI=1S/C15H16BrCl2N3/c1-3-6-19-15-14(16)9(2)20-13(21-15)8-10-4-5-11(17)12(18)7-10/h4-5,7H,3,6,8H2,1-2H3,(H,19,20,21). The van der Waals surface area contributed by atoms with Crippen LogP contribution in [0.3, 0.4) is 0 Å². The summed E-state index contributed by atoms with van der Waals surface area (Å²) in [5.74, 6) is 1.59. The van der Waals surface area contributed by atoms with Gasteiger partial charge in [0, 0.05) is 13.0 Å². The number of nitrogens with one attached hydrogen (secondary N) is 1. The maximum Gasteiger partial charge on any atom is 0.144 e. The average Bonchev–Trinajstić information content (AvgIpc) is 2.45. The van der Waals surface area contributed by atoms with Crippen LogP contribution in [0.4, 0.5) is 5.82 Å². The van der Waals surface area contributed by atoms with Crippen LogP contribution in [-0.4, -0.2) is 16.5 Å². The summed E-state index contributed by atoms with van der Waals surface area (Å²) in [5.41, 5.74) is 1.95. The van der Waals surface area contributed by atoms with Crippen molar-refractivity contribution in [3.63, 3.8) is 0 Å². The molecule has 1 N–H and O–H groups in total. The quantitative estimate of drug-likeness (QED) is 0.758. The molecule has 6 heteroatoms. The topological polar surface area (TPSA) is 37.8 Å². The molecule has 0 saturated carbocycles. The molecule has 0 atom stereocenters. The van der Waals surface area contributed by atoms with Crippen molar-refractivity contribution in [3.05, 3.63) is 49.8 Å². The monoisotopic (exact) mass is 387 g/mol. The fraction of sp³-hybridized carbons (Fsp3) is 0.333. The lowest BCUT2D eigenvalue weighted by Gasteiger charge is -2.11. The second-order valence-corrected chi connectivity index (χ2v) is 6.35. The van der Waals surface area contributed by atoms with Crippen LogP contribution >= 0.6 is 39.1 Å². The Morgan fingerprint density at radius 2 is 1.95 bits per heavy atom. The Balaban J connectivity index is 2.26. The maximum absolute atomic E-state index is 6.04. The van der Waals surface area contributed by atoms with Gasteiger partial charge in [0.05, 0.1) is 20.2 Å². The Kier molecular flexibility index (Phi) is 5.85. The normalized spacial score (nSPS) is 10.7. The maximum atomic E-state index is 6.04. The van der Waals surface area contributed by atoms with Gasteiger partial charge in [0.25, 0.3) is 0 Å². The summed E-state index contributed by atoms with van der Waals surface area (Å²) < 4.78 is 0.911. The highest BCUT2D eigenvalue weighted by atomic mass is 79.9. The first kappa shape index (κ1) is 16.5. The summed E-state index contributed by atoms with van der Waals surface area (Å²) >= 11 is 15.5. The smallest absolute Gasteiger partial charge is 0.144 e. The van der Waals surface area contributed by atoms with E-state index >= 15 is 0 Å². The fourth-order valence-electron chi connectivity index (χ4n) is 1.89. The molecule has 1 heterocycles. The molecule has 0 aliphatic rings. The Morgan fingerprint density at radius 1 is 1.19 bits per heavy atom. The molecule has 0 unspecified atom stereocenters. The highest BCUT2D eigenvalue weighted by molar-refractivity contribution is 9.10. The van der Waals surface area contributed by atoms with Crippen LogP contribution in [0.5, 0.6) is 0 Å². The Labute approximate surface area is 143 Å². The third-order valence-electron chi connectivity index (χ3n) is 2.95. The van der Waals surface area contributed by atoms with Crippen LogP contribution in [0.2, 0.25) is 10.0 Å². The first-order valence-corrected chi connectivity index (χ1v) is 8.27. The van der Waals surface area contributed by atoms with Crippen LogP contribution < -0.4 is 5.32 Å². The van der Waals surface area contributed by atoms with E-state index < -0.39 is 0 Å². The highest BCUT2D eigenvalue weighted by Gasteiger charge is 2.10. The molecule has 0 saturated heterocycles. The lowest BCUT2D eigenvalue weighted by Crippen LogP contribution is -2.08. The number of nitrogens with zero attached hydrogens (tertiary/aromatic N) is 2. The number of aryl methyl sites for hydroxylation is 1. The van der Waals surface area contributed by atoms with Crippen LogP contribution in [0.25, 0.3) is 0 Å². The first-order valence-electron chi connectivity index (χ1n) is 6.72. The minimum atomic E-state index is 0.548. The van der Waals surface area contributed by atoms with E-state index in [9.17, 15) is 0 Å². The van der Waals surface area contributed by atoms with Gasteiger partial charge in [-0.2, -0.15) is 0 Å². The largest absolute Gasteiger partial charge is 0.369 e. The predicted octanol–water partition coefficient (Wildman–Crippen LogP) is 5.27. The molecule has 2 rings (SSSR count). The van der Waals surface area contributed by atoms with Crippen molar-refractivity contribution < 1.29 is 0 Å². The van der Waals surface area contributed by atoms with Gasteiger partial charge in [-0.1, -0.05) is 36.2 Å². The van der Waals surface area contributed by atoms with Crippen molar-refractivity contribution in [2.45, 2.75) is 26.7 Å². The number of benzene rings is 1. The van der Waals surface area contributed by atoms with Gasteiger partial charge in [-0.25, -0.2) is 9.97 Å². The van der Waals surface area contributed by atoms with E-state index in [4.69, 9.17) is 23.2 Å². The molecule has 0 fully saturated rings. The molecule has 0 aliphatic heterocycles. The van der Waals surface area contributed by atoms with Gasteiger partial charge in [-0.15, -0.1) is 0 Å². The van der Waals surface area contributed by atoms with Crippen molar-refractivity contribution in [2.75, 3.05) is 11.9 Å². The van der Waals surface area contributed by atoms with E-state index in [-0.39, 0.29) is 0 Å². The molecule has 0 radical (unpaired) electrons. The minimum Gasteiger partial charge on any atom is -0.369 e. The van der Waals surface area contributed by atoms with E-state index in [0.29, 0.717) is 16.5 Å². The van der Waals surface area contributed by atoms with E-state index in [1.165, 1.54) is 0 Å². The molecular formula is C15H16BrCl2N3. The van der Waals surface area contributed by atoms with Crippen molar-refractivity contribution in [1.82, 2.24) is 9.97 Å². The van der Waals surface area contributed by atoms with Gasteiger partial charge in [0.1, 0.15) is 11.6 Å². The molecule has 1 aromatic heterocycles. The number of halogens is 3. The third kappa shape index (κ3) is 4.31. The lowest BCUT2D eigenvalue weighted by molar-refractivity contribution is 0.910. The molecule has 21 heavy (non-hydrogen) atoms. The Morgan fingerprint density at radius 3 is 2.62 bits per heavy atom. The molecule has 0 amide bonds. The van der Waals surface area contributed by atoms with Gasteiger partial charge < -0.3 is 5.32 Å². The van der Waals surface area contributed by atoms with Gasteiger partial charge in [0.2, 0.25) is 0 Å². The first-order chi connectivity index (χ1) is 10.0. The van der Waals surface area contributed by atoms with Crippen LogP contribution in [0.1, 0.15) is 30.4 Å². The van der Waals surface area contributed by atoms with E-state index in [1.807, 2.05) is 19.1 Å². The van der Waals surface area contributed by atoms with Crippen molar-refractivity contribution >= 4 is 44.9 Å².